The van der Waals surface area contributed by atoms with Crippen LogP contribution in [-0.2, 0) is 9.59 Å². The Kier molecular flexibility index (Phi) is 4.63. The van der Waals surface area contributed by atoms with Crippen molar-refractivity contribution in [1.82, 2.24) is 0 Å². The molecule has 8 heteroatoms. The molecule has 0 fully saturated rings. The maximum Gasteiger partial charge on any atom is 0.282 e. The summed E-state index contributed by atoms with van der Waals surface area (Å²) in [7, 11) is 3.82. The third-order valence-electron chi connectivity index (χ3n) is 5.10. The Labute approximate surface area is 183 Å². The van der Waals surface area contributed by atoms with Crippen molar-refractivity contribution in [3.05, 3.63) is 70.6 Å². The van der Waals surface area contributed by atoms with Crippen molar-refractivity contribution in [2.24, 2.45) is 0 Å². The molecule has 156 valence electrons. The van der Waals surface area contributed by atoms with Crippen LogP contribution in [0.5, 0.6) is 11.5 Å². The number of nitrogens with zero attached hydrogens (tertiary/aromatic N) is 2. The fourth-order valence-corrected chi connectivity index (χ4v) is 4.33. The van der Waals surface area contributed by atoms with Crippen molar-refractivity contribution < 1.29 is 19.1 Å². The second-order valence-corrected chi connectivity index (χ2v) is 8.23. The number of carbonyl (C=O) groups excluding carboxylic acids is 2. The molecule has 2 aliphatic heterocycles. The normalized spacial score (nSPS) is 15.1. The van der Waals surface area contributed by atoms with Gasteiger partial charge >= 0.3 is 0 Å². The number of ether oxygens (including phenoxy) is 2. The van der Waals surface area contributed by atoms with Gasteiger partial charge in [0.25, 0.3) is 11.8 Å². The molecule has 0 aliphatic carbocycles. The summed E-state index contributed by atoms with van der Waals surface area (Å²) in [5.41, 5.74) is 2.65. The lowest BCUT2D eigenvalue weighted by atomic mass is 10.1. The fourth-order valence-electron chi connectivity index (χ4n) is 3.56. The van der Waals surface area contributed by atoms with E-state index in [1.54, 1.807) is 24.3 Å². The molecule has 3 heterocycles. The van der Waals surface area contributed by atoms with Crippen molar-refractivity contribution in [1.29, 1.82) is 0 Å². The van der Waals surface area contributed by atoms with Crippen LogP contribution >= 0.6 is 11.3 Å². The second kappa shape index (κ2) is 7.48. The molecule has 2 aromatic carbocycles. The van der Waals surface area contributed by atoms with Crippen molar-refractivity contribution in [2.45, 2.75) is 0 Å². The van der Waals surface area contributed by atoms with Gasteiger partial charge in [0.1, 0.15) is 5.70 Å². The molecule has 31 heavy (non-hydrogen) atoms. The van der Waals surface area contributed by atoms with Gasteiger partial charge in [-0.3, -0.25) is 9.59 Å². The molecule has 7 nitrogen and oxygen atoms in total. The first-order valence-corrected chi connectivity index (χ1v) is 10.5. The lowest BCUT2D eigenvalue weighted by Crippen LogP contribution is -2.32. The van der Waals surface area contributed by atoms with Gasteiger partial charge in [-0.05, 0) is 41.8 Å². The molecule has 0 unspecified atom stereocenters. The van der Waals surface area contributed by atoms with E-state index in [4.69, 9.17) is 9.47 Å². The molecule has 0 bridgehead atoms. The lowest BCUT2D eigenvalue weighted by molar-refractivity contribution is -0.120. The van der Waals surface area contributed by atoms with Crippen molar-refractivity contribution in [3.8, 4) is 11.5 Å². The number of anilines is 3. The van der Waals surface area contributed by atoms with Crippen LogP contribution in [-0.4, -0.2) is 32.7 Å². The maximum atomic E-state index is 13.5. The topological polar surface area (TPSA) is 71.1 Å². The zero-order chi connectivity index (χ0) is 21.5. The highest BCUT2D eigenvalue weighted by Gasteiger charge is 2.41. The fraction of sp³-hybridized carbons (Fsp3) is 0.130. The van der Waals surface area contributed by atoms with Gasteiger partial charge in [0, 0.05) is 36.4 Å². The number of hydrogen-bond donors (Lipinski definition) is 1. The van der Waals surface area contributed by atoms with E-state index in [0.29, 0.717) is 28.4 Å². The van der Waals surface area contributed by atoms with Gasteiger partial charge in [0.05, 0.1) is 11.3 Å². The Hall–Kier alpha value is -3.78. The first-order chi connectivity index (χ1) is 15.0. The molecule has 2 amide bonds. The Balaban J connectivity index is 1.56. The summed E-state index contributed by atoms with van der Waals surface area (Å²) in [5.74, 6) is 0.484. The summed E-state index contributed by atoms with van der Waals surface area (Å²) < 4.78 is 10.8. The van der Waals surface area contributed by atoms with Crippen LogP contribution in [0, 0.1) is 0 Å². The molecule has 0 spiro atoms. The highest BCUT2D eigenvalue weighted by Crippen LogP contribution is 2.38. The summed E-state index contributed by atoms with van der Waals surface area (Å²) >= 11 is 1.42. The minimum atomic E-state index is -0.401. The van der Waals surface area contributed by atoms with Gasteiger partial charge in [-0.2, -0.15) is 0 Å². The van der Waals surface area contributed by atoms with E-state index in [-0.39, 0.29) is 18.4 Å². The van der Waals surface area contributed by atoms with Gasteiger partial charge in [-0.1, -0.05) is 12.1 Å². The summed E-state index contributed by atoms with van der Waals surface area (Å²) in [4.78, 5) is 30.8. The molecule has 0 atom stereocenters. The molecule has 2 aliphatic rings. The van der Waals surface area contributed by atoms with Crippen LogP contribution in [0.25, 0.3) is 5.57 Å². The Morgan fingerprint density at radius 3 is 2.58 bits per heavy atom. The summed E-state index contributed by atoms with van der Waals surface area (Å²) in [6.07, 6.45) is 0. The number of nitrogens with one attached hydrogen (secondary N) is 1. The molecule has 1 N–H and O–H groups in total. The molecular formula is C23H19N3O4S. The monoisotopic (exact) mass is 433 g/mol. The van der Waals surface area contributed by atoms with Gasteiger partial charge in [0.15, 0.2) is 11.5 Å². The summed E-state index contributed by atoms with van der Waals surface area (Å²) in [6, 6.07) is 16.4. The minimum absolute atomic E-state index is 0.162. The minimum Gasteiger partial charge on any atom is -0.454 e. The van der Waals surface area contributed by atoms with Crippen molar-refractivity contribution in [2.75, 3.05) is 36.0 Å². The van der Waals surface area contributed by atoms with Crippen LogP contribution in [0.15, 0.2) is 65.7 Å². The van der Waals surface area contributed by atoms with E-state index < -0.39 is 5.91 Å². The van der Waals surface area contributed by atoms with E-state index >= 15 is 0 Å². The first kappa shape index (κ1) is 19.2. The van der Waals surface area contributed by atoms with E-state index in [9.17, 15) is 9.59 Å². The van der Waals surface area contributed by atoms with Crippen LogP contribution in [0.2, 0.25) is 0 Å². The Bertz CT molecular complexity index is 1220. The van der Waals surface area contributed by atoms with Crippen LogP contribution in [0.1, 0.15) is 4.88 Å². The third kappa shape index (κ3) is 3.30. The second-order valence-electron chi connectivity index (χ2n) is 7.28. The predicted octanol–water partition coefficient (Wildman–Crippen LogP) is 3.94. The zero-order valence-electron chi connectivity index (χ0n) is 16.9. The predicted molar refractivity (Wildman–Crippen MR) is 121 cm³/mol. The summed E-state index contributed by atoms with van der Waals surface area (Å²) in [6.45, 7) is 0.162. The third-order valence-corrected chi connectivity index (χ3v) is 5.99. The molecule has 5 rings (SSSR count). The Morgan fingerprint density at radius 2 is 1.81 bits per heavy atom. The average molecular weight is 433 g/mol. The van der Waals surface area contributed by atoms with Gasteiger partial charge in [-0.25, -0.2) is 4.90 Å². The highest BCUT2D eigenvalue weighted by molar-refractivity contribution is 7.11. The number of carbonyl (C=O) groups is 2. The lowest BCUT2D eigenvalue weighted by Gasteiger charge is -2.19. The summed E-state index contributed by atoms with van der Waals surface area (Å²) in [5, 5.41) is 5.04. The zero-order valence-corrected chi connectivity index (χ0v) is 17.7. The number of fused-ring (bicyclic) bond motifs is 1. The Morgan fingerprint density at radius 1 is 0.968 bits per heavy atom. The molecule has 0 radical (unpaired) electrons. The largest absolute Gasteiger partial charge is 0.454 e. The molecular weight excluding hydrogens is 414 g/mol. The van der Waals surface area contributed by atoms with Gasteiger partial charge in [-0.15, -0.1) is 11.3 Å². The maximum absolute atomic E-state index is 13.5. The number of rotatable bonds is 5. The molecule has 3 aromatic rings. The molecule has 0 saturated carbocycles. The van der Waals surface area contributed by atoms with E-state index in [2.05, 4.69) is 5.32 Å². The number of amides is 2. The van der Waals surface area contributed by atoms with E-state index in [1.807, 2.05) is 54.7 Å². The molecule has 0 saturated heterocycles. The number of benzene rings is 2. The standard InChI is InChI=1S/C23H19N3O4S/c1-25(2)15-5-3-6-16(12-15)26-22(27)20(19-7-4-10-31-19)21(23(26)28)24-14-8-9-17-18(11-14)30-13-29-17/h3-12,24H,13H2,1-2H3. The number of imide groups is 1. The van der Waals surface area contributed by atoms with Crippen LogP contribution in [0.4, 0.5) is 17.1 Å². The quantitative estimate of drug-likeness (QED) is 0.615. The highest BCUT2D eigenvalue weighted by atomic mass is 32.1. The van der Waals surface area contributed by atoms with Gasteiger partial charge < -0.3 is 19.7 Å². The van der Waals surface area contributed by atoms with Crippen molar-refractivity contribution >= 4 is 45.8 Å². The van der Waals surface area contributed by atoms with E-state index in [1.165, 1.54) is 16.2 Å². The van der Waals surface area contributed by atoms with E-state index in [0.717, 1.165) is 10.6 Å². The van der Waals surface area contributed by atoms with Gasteiger partial charge in [0.2, 0.25) is 6.79 Å². The van der Waals surface area contributed by atoms with Crippen molar-refractivity contribution in [3.63, 3.8) is 0 Å². The molecule has 1 aromatic heterocycles. The average Bonchev–Trinajstić information content (AvgIpc) is 3.49. The number of thiophene rings is 1. The van der Waals surface area contributed by atoms with Crippen LogP contribution in [0.3, 0.4) is 0 Å². The SMILES string of the molecule is CN(C)c1cccc(N2C(=O)C(Nc3ccc4c(c3)OCO4)=C(c3cccs3)C2=O)c1. The number of hydrogen-bond acceptors (Lipinski definition) is 7. The van der Waals surface area contributed by atoms with Crippen LogP contribution < -0.4 is 24.6 Å². The first-order valence-electron chi connectivity index (χ1n) is 9.64. The smallest absolute Gasteiger partial charge is 0.282 e.